The molecule has 9 nitrogen and oxygen atoms in total. The summed E-state index contributed by atoms with van der Waals surface area (Å²) >= 11 is 0. The lowest BCUT2D eigenvalue weighted by molar-refractivity contribution is -0.130. The summed E-state index contributed by atoms with van der Waals surface area (Å²) in [7, 11) is 0. The van der Waals surface area contributed by atoms with Crippen LogP contribution in [0.4, 0.5) is 0 Å². The highest BCUT2D eigenvalue weighted by Crippen LogP contribution is 2.16. The number of aromatic nitrogens is 4. The van der Waals surface area contributed by atoms with Crippen molar-refractivity contribution < 1.29 is 9.53 Å². The SMILES string of the molecule is Cc1ccc(O[C@H]2CCN(C(=O)CCn3ccc(=O)[nH]c3=O)C2)nn1. The Hall–Kier alpha value is -2.97. The Morgan fingerprint density at radius 3 is 2.88 bits per heavy atom. The molecule has 132 valence electrons. The molecule has 0 saturated carbocycles. The first-order valence-corrected chi connectivity index (χ1v) is 8.06. The fourth-order valence-electron chi connectivity index (χ4n) is 2.67. The predicted molar refractivity (Wildman–Crippen MR) is 88.3 cm³/mol. The average Bonchev–Trinajstić information content (AvgIpc) is 3.04. The summed E-state index contributed by atoms with van der Waals surface area (Å²) in [4.78, 5) is 38.8. The zero-order valence-electron chi connectivity index (χ0n) is 13.8. The number of H-pyrrole nitrogens is 1. The van der Waals surface area contributed by atoms with E-state index in [1.165, 1.54) is 16.8 Å². The first-order chi connectivity index (χ1) is 12.0. The Labute approximate surface area is 143 Å². The van der Waals surface area contributed by atoms with Gasteiger partial charge in [-0.2, -0.15) is 5.10 Å². The summed E-state index contributed by atoms with van der Waals surface area (Å²) in [6, 6.07) is 4.84. The lowest BCUT2D eigenvalue weighted by atomic mass is 10.3. The lowest BCUT2D eigenvalue weighted by Crippen LogP contribution is -2.34. The molecule has 1 amide bonds. The van der Waals surface area contributed by atoms with Crippen molar-refractivity contribution in [1.82, 2.24) is 24.6 Å². The molecule has 2 aromatic heterocycles. The zero-order chi connectivity index (χ0) is 17.8. The van der Waals surface area contributed by atoms with Crippen molar-refractivity contribution in [3.8, 4) is 5.88 Å². The van der Waals surface area contributed by atoms with E-state index in [0.717, 1.165) is 12.1 Å². The molecule has 0 aromatic carbocycles. The van der Waals surface area contributed by atoms with Gasteiger partial charge in [0.05, 0.1) is 12.2 Å². The standard InChI is InChI=1S/C16H19N5O4/c1-11-2-3-14(19-18-11)25-12-4-7-21(10-12)15(23)6-9-20-8-5-13(22)17-16(20)24/h2-3,5,8,12H,4,6-7,9-10H2,1H3,(H,17,22,24)/t12-/m0/s1. The van der Waals surface area contributed by atoms with Crippen LogP contribution in [0.5, 0.6) is 5.88 Å². The Kier molecular flexibility index (Phi) is 4.92. The normalized spacial score (nSPS) is 16.8. The maximum atomic E-state index is 12.3. The van der Waals surface area contributed by atoms with Gasteiger partial charge < -0.3 is 14.2 Å². The predicted octanol–water partition coefficient (Wildman–Crippen LogP) is -0.295. The fraction of sp³-hybridized carbons (Fsp3) is 0.438. The van der Waals surface area contributed by atoms with Crippen molar-refractivity contribution in [1.29, 1.82) is 0 Å². The van der Waals surface area contributed by atoms with Crippen molar-refractivity contribution in [2.75, 3.05) is 13.1 Å². The van der Waals surface area contributed by atoms with E-state index in [0.29, 0.717) is 19.0 Å². The van der Waals surface area contributed by atoms with E-state index in [2.05, 4.69) is 15.2 Å². The van der Waals surface area contributed by atoms with Crippen molar-refractivity contribution in [2.24, 2.45) is 0 Å². The minimum atomic E-state index is -0.513. The number of amides is 1. The zero-order valence-corrected chi connectivity index (χ0v) is 13.8. The number of ether oxygens (including phenoxy) is 1. The Balaban J connectivity index is 1.51. The molecule has 0 bridgehead atoms. The number of likely N-dealkylation sites (tertiary alicyclic amines) is 1. The molecule has 1 atom stereocenters. The van der Waals surface area contributed by atoms with E-state index in [1.807, 2.05) is 13.0 Å². The third-order valence-corrected chi connectivity index (χ3v) is 4.02. The first-order valence-electron chi connectivity index (χ1n) is 8.06. The number of nitrogens with one attached hydrogen (secondary N) is 1. The maximum absolute atomic E-state index is 12.3. The monoisotopic (exact) mass is 345 g/mol. The van der Waals surface area contributed by atoms with Crippen LogP contribution in [0.3, 0.4) is 0 Å². The van der Waals surface area contributed by atoms with Gasteiger partial charge in [-0.05, 0) is 13.0 Å². The van der Waals surface area contributed by atoms with Crippen LogP contribution in [0.1, 0.15) is 18.5 Å². The second kappa shape index (κ2) is 7.29. The summed E-state index contributed by atoms with van der Waals surface area (Å²) < 4.78 is 7.05. The van der Waals surface area contributed by atoms with Gasteiger partial charge in [0.1, 0.15) is 6.10 Å². The van der Waals surface area contributed by atoms with Crippen LogP contribution in [0, 0.1) is 6.92 Å². The minimum absolute atomic E-state index is 0.0563. The van der Waals surface area contributed by atoms with Gasteiger partial charge in [-0.3, -0.25) is 14.6 Å². The Morgan fingerprint density at radius 2 is 2.16 bits per heavy atom. The molecule has 1 saturated heterocycles. The molecule has 1 aliphatic heterocycles. The van der Waals surface area contributed by atoms with Gasteiger partial charge >= 0.3 is 5.69 Å². The topological polar surface area (TPSA) is 110 Å². The Bertz CT molecular complexity index is 858. The number of carbonyl (C=O) groups excluding carboxylic acids is 1. The Morgan fingerprint density at radius 1 is 1.32 bits per heavy atom. The molecule has 3 rings (SSSR count). The van der Waals surface area contributed by atoms with Gasteiger partial charge in [-0.1, -0.05) is 0 Å². The van der Waals surface area contributed by atoms with E-state index in [4.69, 9.17) is 4.74 Å². The molecule has 1 N–H and O–H groups in total. The molecule has 0 spiro atoms. The number of aromatic amines is 1. The highest BCUT2D eigenvalue weighted by atomic mass is 16.5. The van der Waals surface area contributed by atoms with Crippen LogP contribution in [0.15, 0.2) is 34.0 Å². The van der Waals surface area contributed by atoms with Gasteiger partial charge in [0.15, 0.2) is 0 Å². The third kappa shape index (κ3) is 4.31. The van der Waals surface area contributed by atoms with Gasteiger partial charge in [0.2, 0.25) is 11.8 Å². The molecular formula is C16H19N5O4. The maximum Gasteiger partial charge on any atom is 0.328 e. The van der Waals surface area contributed by atoms with E-state index in [9.17, 15) is 14.4 Å². The molecule has 2 aromatic rings. The van der Waals surface area contributed by atoms with Gasteiger partial charge in [0.25, 0.3) is 5.56 Å². The molecule has 0 aliphatic carbocycles. The largest absolute Gasteiger partial charge is 0.471 e. The molecule has 0 radical (unpaired) electrons. The van der Waals surface area contributed by atoms with Crippen LogP contribution in [0.2, 0.25) is 0 Å². The molecule has 1 fully saturated rings. The van der Waals surface area contributed by atoms with Crippen LogP contribution in [-0.2, 0) is 11.3 Å². The number of aryl methyl sites for hydroxylation is 2. The number of nitrogens with zero attached hydrogens (tertiary/aromatic N) is 4. The molecular weight excluding hydrogens is 326 g/mol. The minimum Gasteiger partial charge on any atom is -0.471 e. The average molecular weight is 345 g/mol. The molecule has 25 heavy (non-hydrogen) atoms. The van der Waals surface area contributed by atoms with Gasteiger partial charge in [0, 0.05) is 44.3 Å². The van der Waals surface area contributed by atoms with Crippen molar-refractivity contribution >= 4 is 5.91 Å². The molecule has 0 unspecified atom stereocenters. The van der Waals surface area contributed by atoms with E-state index < -0.39 is 11.2 Å². The highest BCUT2D eigenvalue weighted by Gasteiger charge is 2.27. The lowest BCUT2D eigenvalue weighted by Gasteiger charge is -2.17. The second-order valence-electron chi connectivity index (χ2n) is 5.93. The van der Waals surface area contributed by atoms with Crippen LogP contribution in [-0.4, -0.2) is 49.7 Å². The summed E-state index contributed by atoms with van der Waals surface area (Å²) in [6.07, 6.45) is 2.18. The van der Waals surface area contributed by atoms with Crippen LogP contribution >= 0.6 is 0 Å². The van der Waals surface area contributed by atoms with Crippen LogP contribution < -0.4 is 16.0 Å². The summed E-state index contributed by atoms with van der Waals surface area (Å²) in [6.45, 7) is 3.15. The van der Waals surface area contributed by atoms with Crippen molar-refractivity contribution in [3.63, 3.8) is 0 Å². The van der Waals surface area contributed by atoms with Gasteiger partial charge in [-0.15, -0.1) is 5.10 Å². The van der Waals surface area contributed by atoms with E-state index in [-0.39, 0.29) is 25.0 Å². The second-order valence-corrected chi connectivity index (χ2v) is 5.93. The summed E-state index contributed by atoms with van der Waals surface area (Å²) in [5.41, 5.74) is -0.153. The fourth-order valence-corrected chi connectivity index (χ4v) is 2.67. The van der Waals surface area contributed by atoms with E-state index >= 15 is 0 Å². The van der Waals surface area contributed by atoms with Crippen molar-refractivity contribution in [3.05, 3.63) is 50.9 Å². The number of carbonyl (C=O) groups is 1. The third-order valence-electron chi connectivity index (χ3n) is 4.02. The number of rotatable bonds is 5. The molecule has 3 heterocycles. The molecule has 1 aliphatic rings. The smallest absolute Gasteiger partial charge is 0.328 e. The van der Waals surface area contributed by atoms with Crippen LogP contribution in [0.25, 0.3) is 0 Å². The van der Waals surface area contributed by atoms with E-state index in [1.54, 1.807) is 11.0 Å². The molecule has 9 heteroatoms. The quantitative estimate of drug-likeness (QED) is 0.797. The highest BCUT2D eigenvalue weighted by molar-refractivity contribution is 5.76. The summed E-state index contributed by atoms with van der Waals surface area (Å²) in [5.74, 6) is 0.392. The van der Waals surface area contributed by atoms with Gasteiger partial charge in [-0.25, -0.2) is 4.79 Å². The first kappa shape index (κ1) is 16.9. The number of hydrogen-bond donors (Lipinski definition) is 1. The number of hydrogen-bond acceptors (Lipinski definition) is 6. The van der Waals surface area contributed by atoms with Crippen molar-refractivity contribution in [2.45, 2.75) is 32.4 Å². The summed E-state index contributed by atoms with van der Waals surface area (Å²) in [5, 5.41) is 7.90.